The first-order chi connectivity index (χ1) is 13.7. The first-order valence-corrected chi connectivity index (χ1v) is 9.31. The number of hydrogen-bond acceptors (Lipinski definition) is 3. The normalized spacial score (nSPS) is 10.5. The van der Waals surface area contributed by atoms with Gasteiger partial charge in [-0.05, 0) is 54.2 Å². The summed E-state index contributed by atoms with van der Waals surface area (Å²) in [6.45, 7) is 0.512. The van der Waals surface area contributed by atoms with Crippen LogP contribution in [0.15, 0.2) is 72.8 Å². The van der Waals surface area contributed by atoms with E-state index >= 15 is 0 Å². The summed E-state index contributed by atoms with van der Waals surface area (Å²) in [7, 11) is 1.65. The fourth-order valence-electron chi connectivity index (χ4n) is 3.04. The van der Waals surface area contributed by atoms with E-state index in [0.29, 0.717) is 12.2 Å². The molecule has 1 N–H and O–H groups in total. The highest BCUT2D eigenvalue weighted by atomic mass is 16.5. The summed E-state index contributed by atoms with van der Waals surface area (Å²) in [4.78, 5) is 10.9. The molecule has 3 aromatic carbocycles. The van der Waals surface area contributed by atoms with Gasteiger partial charge >= 0.3 is 5.97 Å². The van der Waals surface area contributed by atoms with Gasteiger partial charge < -0.3 is 14.6 Å². The number of rotatable bonds is 9. The lowest BCUT2D eigenvalue weighted by Gasteiger charge is -2.13. The summed E-state index contributed by atoms with van der Waals surface area (Å²) in [5, 5.41) is 8.98. The monoisotopic (exact) mass is 376 g/mol. The highest BCUT2D eigenvalue weighted by Crippen LogP contribution is 2.27. The second kappa shape index (κ2) is 9.60. The van der Waals surface area contributed by atoms with Gasteiger partial charge in [0.1, 0.15) is 18.1 Å². The minimum absolute atomic E-state index is 0.315. The zero-order valence-electron chi connectivity index (χ0n) is 15.9. The summed E-state index contributed by atoms with van der Waals surface area (Å²) in [6, 6.07) is 23.1. The Morgan fingerprint density at radius 3 is 2.32 bits per heavy atom. The molecule has 0 saturated carbocycles. The Labute approximate surface area is 165 Å². The van der Waals surface area contributed by atoms with Gasteiger partial charge in [0, 0.05) is 6.07 Å². The number of carbonyl (C=O) groups is 1. The van der Waals surface area contributed by atoms with Crippen LogP contribution in [0.2, 0.25) is 0 Å². The van der Waals surface area contributed by atoms with Crippen molar-refractivity contribution in [2.45, 2.75) is 25.9 Å². The molecule has 0 saturated heterocycles. The minimum atomic E-state index is -0.898. The highest BCUT2D eigenvalue weighted by Gasteiger charge is 2.08. The predicted molar refractivity (Wildman–Crippen MR) is 109 cm³/mol. The lowest BCUT2D eigenvalue weighted by molar-refractivity contribution is 0.0697. The third kappa shape index (κ3) is 5.36. The molecule has 4 nitrogen and oxygen atoms in total. The molecular weight excluding hydrogens is 352 g/mol. The second-order valence-electron chi connectivity index (χ2n) is 6.60. The van der Waals surface area contributed by atoms with Crippen LogP contribution in [0.25, 0.3) is 0 Å². The van der Waals surface area contributed by atoms with Crippen LogP contribution in [0.3, 0.4) is 0 Å². The van der Waals surface area contributed by atoms with Gasteiger partial charge in [-0.2, -0.15) is 0 Å². The lowest BCUT2D eigenvalue weighted by atomic mass is 10.0. The maximum atomic E-state index is 10.9. The van der Waals surface area contributed by atoms with Crippen molar-refractivity contribution in [2.75, 3.05) is 7.11 Å². The number of methoxy groups -OCH3 is 1. The van der Waals surface area contributed by atoms with Gasteiger partial charge in [0.05, 0.1) is 12.7 Å². The first kappa shape index (κ1) is 19.5. The lowest BCUT2D eigenvalue weighted by Crippen LogP contribution is -2.00. The predicted octanol–water partition coefficient (Wildman–Crippen LogP) is 5.15. The summed E-state index contributed by atoms with van der Waals surface area (Å²) >= 11 is 0. The van der Waals surface area contributed by atoms with E-state index in [2.05, 4.69) is 0 Å². The smallest absolute Gasteiger partial charge is 0.335 e. The molecule has 0 bridgehead atoms. The zero-order chi connectivity index (χ0) is 19.8. The zero-order valence-corrected chi connectivity index (χ0v) is 15.9. The van der Waals surface area contributed by atoms with E-state index in [0.717, 1.165) is 47.5 Å². The van der Waals surface area contributed by atoms with Crippen molar-refractivity contribution in [2.24, 2.45) is 0 Å². The van der Waals surface area contributed by atoms with E-state index in [9.17, 15) is 4.79 Å². The van der Waals surface area contributed by atoms with E-state index in [1.165, 1.54) is 0 Å². The van der Waals surface area contributed by atoms with Gasteiger partial charge in [-0.15, -0.1) is 0 Å². The van der Waals surface area contributed by atoms with Crippen LogP contribution >= 0.6 is 0 Å². The van der Waals surface area contributed by atoms with E-state index in [1.54, 1.807) is 19.2 Å². The topological polar surface area (TPSA) is 55.8 Å². The number of aromatic carboxylic acids is 1. The van der Waals surface area contributed by atoms with Crippen molar-refractivity contribution < 1.29 is 19.4 Å². The molecule has 0 spiro atoms. The Morgan fingerprint density at radius 2 is 1.64 bits per heavy atom. The molecule has 0 aliphatic heterocycles. The largest absolute Gasteiger partial charge is 0.497 e. The van der Waals surface area contributed by atoms with Crippen molar-refractivity contribution in [3.63, 3.8) is 0 Å². The Kier molecular flexibility index (Phi) is 6.68. The Morgan fingerprint density at radius 1 is 0.893 bits per heavy atom. The molecule has 3 aromatic rings. The molecule has 0 atom stereocenters. The maximum absolute atomic E-state index is 10.9. The molecule has 0 aromatic heterocycles. The quantitative estimate of drug-likeness (QED) is 0.561. The van der Waals surface area contributed by atoms with E-state index in [1.807, 2.05) is 60.7 Å². The number of carboxylic acids is 1. The van der Waals surface area contributed by atoms with Crippen molar-refractivity contribution in [3.8, 4) is 11.5 Å². The molecule has 0 fully saturated rings. The standard InChI is InChI=1S/C24H24O4/c1-27-22-15-14-20(23(16-22)28-17-19-6-3-2-4-7-19)9-5-8-18-10-12-21(13-11-18)24(25)26/h2-4,6-7,10-16H,5,8-9,17H2,1H3,(H,25,26). The number of carboxylic acid groups (broad SMARTS) is 1. The van der Waals surface area contributed by atoms with Gasteiger partial charge in [-0.25, -0.2) is 4.79 Å². The Hall–Kier alpha value is -3.27. The SMILES string of the molecule is COc1ccc(CCCc2ccc(C(=O)O)cc2)c(OCc2ccccc2)c1. The van der Waals surface area contributed by atoms with Gasteiger partial charge in [-0.1, -0.05) is 48.5 Å². The fourth-order valence-corrected chi connectivity index (χ4v) is 3.04. The molecule has 144 valence electrons. The van der Waals surface area contributed by atoms with Crippen LogP contribution in [-0.2, 0) is 19.4 Å². The van der Waals surface area contributed by atoms with E-state index in [4.69, 9.17) is 14.6 Å². The average molecular weight is 376 g/mol. The third-order valence-corrected chi connectivity index (χ3v) is 4.62. The van der Waals surface area contributed by atoms with Crippen molar-refractivity contribution in [1.29, 1.82) is 0 Å². The molecule has 0 unspecified atom stereocenters. The molecule has 0 heterocycles. The summed E-state index contributed by atoms with van der Waals surface area (Å²) in [5.41, 5.74) is 3.70. The van der Waals surface area contributed by atoms with Crippen molar-refractivity contribution in [1.82, 2.24) is 0 Å². The van der Waals surface area contributed by atoms with Crippen LogP contribution in [0, 0.1) is 0 Å². The Balaban J connectivity index is 1.62. The van der Waals surface area contributed by atoms with Gasteiger partial charge in [0.2, 0.25) is 0 Å². The first-order valence-electron chi connectivity index (χ1n) is 9.31. The highest BCUT2D eigenvalue weighted by molar-refractivity contribution is 5.87. The van der Waals surface area contributed by atoms with Crippen LogP contribution in [0.1, 0.15) is 33.5 Å². The molecule has 28 heavy (non-hydrogen) atoms. The average Bonchev–Trinajstić information content (AvgIpc) is 2.74. The number of benzene rings is 3. The van der Waals surface area contributed by atoms with Gasteiger partial charge in [0.25, 0.3) is 0 Å². The molecule has 3 rings (SSSR count). The molecule has 4 heteroatoms. The number of aryl methyl sites for hydroxylation is 2. The van der Waals surface area contributed by atoms with Gasteiger partial charge in [-0.3, -0.25) is 0 Å². The molecule has 0 radical (unpaired) electrons. The van der Waals surface area contributed by atoms with Crippen LogP contribution in [-0.4, -0.2) is 18.2 Å². The molecule has 0 amide bonds. The summed E-state index contributed by atoms with van der Waals surface area (Å²) < 4.78 is 11.4. The minimum Gasteiger partial charge on any atom is -0.497 e. The van der Waals surface area contributed by atoms with E-state index in [-0.39, 0.29) is 0 Å². The molecule has 0 aliphatic rings. The summed E-state index contributed by atoms with van der Waals surface area (Å²) in [6.07, 6.45) is 2.69. The van der Waals surface area contributed by atoms with E-state index < -0.39 is 5.97 Å². The van der Waals surface area contributed by atoms with Crippen LogP contribution < -0.4 is 9.47 Å². The second-order valence-corrected chi connectivity index (χ2v) is 6.60. The third-order valence-electron chi connectivity index (χ3n) is 4.62. The fraction of sp³-hybridized carbons (Fsp3) is 0.208. The van der Waals surface area contributed by atoms with Crippen LogP contribution in [0.5, 0.6) is 11.5 Å². The van der Waals surface area contributed by atoms with Crippen molar-refractivity contribution in [3.05, 3.63) is 95.1 Å². The number of hydrogen-bond donors (Lipinski definition) is 1. The Bertz CT molecular complexity index is 902. The van der Waals surface area contributed by atoms with Crippen molar-refractivity contribution >= 4 is 5.97 Å². The molecule has 0 aliphatic carbocycles. The molecular formula is C24H24O4. The summed E-state index contributed by atoms with van der Waals surface area (Å²) in [5.74, 6) is 0.713. The maximum Gasteiger partial charge on any atom is 0.335 e. The number of ether oxygens (including phenoxy) is 2. The van der Waals surface area contributed by atoms with Crippen LogP contribution in [0.4, 0.5) is 0 Å². The van der Waals surface area contributed by atoms with Gasteiger partial charge in [0.15, 0.2) is 0 Å².